The van der Waals surface area contributed by atoms with E-state index in [2.05, 4.69) is 10.1 Å². The molecule has 1 saturated heterocycles. The van der Waals surface area contributed by atoms with E-state index in [0.29, 0.717) is 6.42 Å². The van der Waals surface area contributed by atoms with Crippen molar-refractivity contribution in [2.24, 2.45) is 5.92 Å². The zero-order valence-corrected chi connectivity index (χ0v) is 10.3. The van der Waals surface area contributed by atoms with Gasteiger partial charge in [0.1, 0.15) is 0 Å². The maximum absolute atomic E-state index is 12.1. The minimum atomic E-state index is -4.99. The molecule has 7 heteroatoms. The van der Waals surface area contributed by atoms with Gasteiger partial charge in [0, 0.05) is 12.3 Å². The Bertz CT molecular complexity index is 364. The fraction of sp³-hybridized carbons (Fsp3) is 0.833. The van der Waals surface area contributed by atoms with Crippen molar-refractivity contribution >= 4 is 11.8 Å². The van der Waals surface area contributed by atoms with Crippen LogP contribution >= 0.6 is 0 Å². The van der Waals surface area contributed by atoms with Gasteiger partial charge in [-0.05, 0) is 19.3 Å². The van der Waals surface area contributed by atoms with E-state index in [-0.39, 0.29) is 18.1 Å². The van der Waals surface area contributed by atoms with Crippen LogP contribution in [0.25, 0.3) is 0 Å². The predicted octanol–water partition coefficient (Wildman–Crippen LogP) is 1.93. The summed E-state index contributed by atoms with van der Waals surface area (Å²) in [6.45, 7) is 0. The SMILES string of the molecule is O=C(C1CCCC1)C1CCC(OC(=O)C(F)(F)F)N1. The highest BCUT2D eigenvalue weighted by atomic mass is 19.4. The van der Waals surface area contributed by atoms with Gasteiger partial charge in [-0.3, -0.25) is 10.1 Å². The molecule has 2 fully saturated rings. The van der Waals surface area contributed by atoms with Crippen LogP contribution in [0.5, 0.6) is 0 Å². The molecule has 2 unspecified atom stereocenters. The Hall–Kier alpha value is -1.11. The highest BCUT2D eigenvalue weighted by molar-refractivity contribution is 5.87. The first kappa shape index (κ1) is 14.3. The summed E-state index contributed by atoms with van der Waals surface area (Å²) in [6.07, 6.45) is -1.59. The standard InChI is InChI=1S/C12H16F3NO3/c13-12(14,15)11(18)19-9-6-5-8(16-9)10(17)7-3-1-2-4-7/h7-9,16H,1-6H2. The summed E-state index contributed by atoms with van der Waals surface area (Å²) in [5, 5.41) is 2.68. The molecule has 0 aromatic rings. The number of carbonyl (C=O) groups is 2. The number of hydrogen-bond acceptors (Lipinski definition) is 4. The molecule has 0 aromatic heterocycles. The van der Waals surface area contributed by atoms with Gasteiger partial charge in [-0.1, -0.05) is 12.8 Å². The molecule has 1 N–H and O–H groups in total. The van der Waals surface area contributed by atoms with Gasteiger partial charge in [0.15, 0.2) is 12.0 Å². The van der Waals surface area contributed by atoms with Crippen molar-refractivity contribution in [3.05, 3.63) is 0 Å². The predicted molar refractivity (Wildman–Crippen MR) is 59.1 cm³/mol. The number of alkyl halides is 3. The molecule has 2 rings (SSSR count). The molecule has 0 bridgehead atoms. The van der Waals surface area contributed by atoms with Crippen LogP contribution in [0.3, 0.4) is 0 Å². The molecule has 1 aliphatic heterocycles. The van der Waals surface area contributed by atoms with E-state index in [4.69, 9.17) is 0 Å². The third-order valence-corrected chi connectivity index (χ3v) is 3.69. The summed E-state index contributed by atoms with van der Waals surface area (Å²) in [6, 6.07) is -0.478. The second-order valence-corrected chi connectivity index (χ2v) is 5.07. The maximum Gasteiger partial charge on any atom is 0.490 e. The normalized spacial score (nSPS) is 28.6. The Labute approximate surface area is 108 Å². The molecule has 0 aromatic carbocycles. The van der Waals surface area contributed by atoms with Crippen molar-refractivity contribution in [1.29, 1.82) is 0 Å². The zero-order valence-electron chi connectivity index (χ0n) is 10.3. The van der Waals surface area contributed by atoms with Crippen LogP contribution in [-0.2, 0) is 14.3 Å². The van der Waals surface area contributed by atoms with Gasteiger partial charge in [-0.15, -0.1) is 0 Å². The number of ether oxygens (including phenoxy) is 1. The Morgan fingerprint density at radius 2 is 1.68 bits per heavy atom. The number of esters is 1. The molecular formula is C12H16F3NO3. The van der Waals surface area contributed by atoms with Crippen molar-refractivity contribution in [2.75, 3.05) is 0 Å². The van der Waals surface area contributed by atoms with Gasteiger partial charge in [-0.2, -0.15) is 13.2 Å². The van der Waals surface area contributed by atoms with Crippen LogP contribution in [-0.4, -0.2) is 30.2 Å². The Kier molecular flexibility index (Phi) is 4.13. The van der Waals surface area contributed by atoms with Crippen molar-refractivity contribution in [3.63, 3.8) is 0 Å². The molecular weight excluding hydrogens is 263 g/mol. The Morgan fingerprint density at radius 1 is 1.05 bits per heavy atom. The molecule has 19 heavy (non-hydrogen) atoms. The minimum absolute atomic E-state index is 0.00886. The lowest BCUT2D eigenvalue weighted by Gasteiger charge is -2.17. The van der Waals surface area contributed by atoms with E-state index >= 15 is 0 Å². The average molecular weight is 279 g/mol. The molecule has 0 amide bonds. The highest BCUT2D eigenvalue weighted by Crippen LogP contribution is 2.29. The van der Waals surface area contributed by atoms with Crippen LogP contribution < -0.4 is 5.32 Å². The largest absolute Gasteiger partial charge is 0.490 e. The third-order valence-electron chi connectivity index (χ3n) is 3.69. The fourth-order valence-corrected chi connectivity index (χ4v) is 2.72. The number of rotatable bonds is 3. The maximum atomic E-state index is 12.1. The first-order valence-electron chi connectivity index (χ1n) is 6.45. The lowest BCUT2D eigenvalue weighted by atomic mass is 9.96. The second-order valence-electron chi connectivity index (χ2n) is 5.07. The quantitative estimate of drug-likeness (QED) is 0.802. The molecule has 1 saturated carbocycles. The number of hydrogen-bond donors (Lipinski definition) is 1. The molecule has 4 nitrogen and oxygen atoms in total. The topological polar surface area (TPSA) is 55.4 Å². The minimum Gasteiger partial charge on any atom is -0.440 e. The van der Waals surface area contributed by atoms with E-state index in [1.807, 2.05) is 0 Å². The van der Waals surface area contributed by atoms with Gasteiger partial charge in [0.25, 0.3) is 0 Å². The van der Waals surface area contributed by atoms with E-state index in [1.165, 1.54) is 0 Å². The third kappa shape index (κ3) is 3.46. The van der Waals surface area contributed by atoms with Crippen LogP contribution in [0.2, 0.25) is 0 Å². The molecule has 108 valence electrons. The van der Waals surface area contributed by atoms with Gasteiger partial charge >= 0.3 is 12.1 Å². The molecule has 2 aliphatic rings. The fourth-order valence-electron chi connectivity index (χ4n) is 2.72. The molecule has 0 radical (unpaired) electrons. The van der Waals surface area contributed by atoms with E-state index in [9.17, 15) is 22.8 Å². The van der Waals surface area contributed by atoms with Crippen LogP contribution in [0.15, 0.2) is 0 Å². The summed E-state index contributed by atoms with van der Waals surface area (Å²) in [5.41, 5.74) is 0. The van der Waals surface area contributed by atoms with Crippen molar-refractivity contribution in [1.82, 2.24) is 5.32 Å². The number of Topliss-reactive ketones (excluding diaryl/α,β-unsaturated/α-hetero) is 1. The zero-order chi connectivity index (χ0) is 14.0. The summed E-state index contributed by atoms with van der Waals surface area (Å²) in [5.74, 6) is -2.16. The van der Waals surface area contributed by atoms with Crippen molar-refractivity contribution in [3.8, 4) is 0 Å². The van der Waals surface area contributed by atoms with Crippen molar-refractivity contribution in [2.45, 2.75) is 57.0 Å². The Morgan fingerprint density at radius 3 is 2.26 bits per heavy atom. The summed E-state index contributed by atoms with van der Waals surface area (Å²) < 4.78 is 40.4. The first-order valence-corrected chi connectivity index (χ1v) is 6.45. The smallest absolute Gasteiger partial charge is 0.440 e. The number of ketones is 1. The van der Waals surface area contributed by atoms with E-state index in [0.717, 1.165) is 25.7 Å². The molecule has 1 heterocycles. The van der Waals surface area contributed by atoms with E-state index < -0.39 is 24.4 Å². The molecule has 1 aliphatic carbocycles. The summed E-state index contributed by atoms with van der Waals surface area (Å²) in [7, 11) is 0. The average Bonchev–Trinajstić information content (AvgIpc) is 2.97. The number of carbonyl (C=O) groups excluding carboxylic acids is 2. The van der Waals surface area contributed by atoms with E-state index in [1.54, 1.807) is 0 Å². The van der Waals surface area contributed by atoms with Crippen LogP contribution in [0.1, 0.15) is 38.5 Å². The van der Waals surface area contributed by atoms with Crippen LogP contribution in [0, 0.1) is 5.92 Å². The van der Waals surface area contributed by atoms with Gasteiger partial charge < -0.3 is 4.74 Å². The van der Waals surface area contributed by atoms with Gasteiger partial charge in [-0.25, -0.2) is 4.79 Å². The monoisotopic (exact) mass is 279 g/mol. The van der Waals surface area contributed by atoms with Crippen LogP contribution in [0.4, 0.5) is 13.2 Å². The molecule has 2 atom stereocenters. The lowest BCUT2D eigenvalue weighted by Crippen LogP contribution is -2.41. The first-order chi connectivity index (χ1) is 8.88. The summed E-state index contributed by atoms with van der Waals surface area (Å²) in [4.78, 5) is 22.7. The van der Waals surface area contributed by atoms with Gasteiger partial charge in [0.2, 0.25) is 0 Å². The summed E-state index contributed by atoms with van der Waals surface area (Å²) >= 11 is 0. The van der Waals surface area contributed by atoms with Gasteiger partial charge in [0.05, 0.1) is 6.04 Å². The number of halogens is 3. The highest BCUT2D eigenvalue weighted by Gasteiger charge is 2.44. The number of nitrogens with one attached hydrogen (secondary N) is 1. The molecule has 0 spiro atoms. The Balaban J connectivity index is 1.83. The van der Waals surface area contributed by atoms with Crippen molar-refractivity contribution < 1.29 is 27.5 Å². The second kappa shape index (κ2) is 5.48. The lowest BCUT2D eigenvalue weighted by molar-refractivity contribution is -0.205.